The molecule has 0 aromatic heterocycles. The topological polar surface area (TPSA) is 91.0 Å². The molecule has 0 radical (unpaired) electrons. The van der Waals surface area contributed by atoms with Gasteiger partial charge >= 0.3 is 11.8 Å². The Bertz CT molecular complexity index is 1050. The van der Waals surface area contributed by atoms with Crippen molar-refractivity contribution in [3.8, 4) is 5.75 Å². The number of nitrogens with one attached hydrogen (secondary N) is 2. The number of carbonyl (C=O) groups is 3. The minimum Gasteiger partial charge on any atom is -0.493 e. The normalized spacial score (nSPS) is 16.2. The predicted molar refractivity (Wildman–Crippen MR) is 126 cm³/mol. The lowest BCUT2D eigenvalue weighted by molar-refractivity contribution is -0.136. The quantitative estimate of drug-likeness (QED) is 0.660. The Morgan fingerprint density at radius 1 is 1.09 bits per heavy atom. The van der Waals surface area contributed by atoms with Crippen LogP contribution in [0.4, 0.5) is 11.4 Å². The Balaban J connectivity index is 1.37. The maximum atomic E-state index is 12.5. The van der Waals surface area contributed by atoms with E-state index < -0.39 is 11.8 Å². The van der Waals surface area contributed by atoms with Crippen LogP contribution in [0, 0.1) is 0 Å². The molecule has 1 unspecified atom stereocenters. The summed E-state index contributed by atoms with van der Waals surface area (Å²) in [6.45, 7) is 1.65. The molecule has 1 fully saturated rings. The molecular formula is C25H30N4O4. The van der Waals surface area contributed by atoms with Gasteiger partial charge in [0.15, 0.2) is 0 Å². The van der Waals surface area contributed by atoms with Crippen LogP contribution in [0.2, 0.25) is 0 Å². The van der Waals surface area contributed by atoms with Crippen molar-refractivity contribution in [3.05, 3.63) is 53.6 Å². The van der Waals surface area contributed by atoms with Crippen molar-refractivity contribution in [2.24, 2.45) is 0 Å². The third-order valence-electron chi connectivity index (χ3n) is 6.12. The number of ether oxygens (including phenoxy) is 1. The van der Waals surface area contributed by atoms with Crippen LogP contribution in [0.1, 0.15) is 36.4 Å². The summed E-state index contributed by atoms with van der Waals surface area (Å²) >= 11 is 0. The molecule has 2 aromatic rings. The predicted octanol–water partition coefficient (Wildman–Crippen LogP) is 2.50. The first-order valence-corrected chi connectivity index (χ1v) is 11.3. The van der Waals surface area contributed by atoms with Crippen LogP contribution < -0.4 is 20.3 Å². The van der Waals surface area contributed by atoms with E-state index >= 15 is 0 Å². The van der Waals surface area contributed by atoms with E-state index in [0.717, 1.165) is 41.8 Å². The fourth-order valence-corrected chi connectivity index (χ4v) is 4.30. The average Bonchev–Trinajstić information content (AvgIpc) is 3.27. The molecule has 4 rings (SSSR count). The average molecular weight is 451 g/mol. The molecule has 2 aromatic carbocycles. The van der Waals surface area contributed by atoms with E-state index in [-0.39, 0.29) is 11.9 Å². The van der Waals surface area contributed by atoms with Gasteiger partial charge < -0.3 is 25.2 Å². The number of fused-ring (bicyclic) bond motifs is 1. The monoisotopic (exact) mass is 450 g/mol. The van der Waals surface area contributed by atoms with Crippen LogP contribution in [0.25, 0.3) is 0 Å². The number of nitrogens with zero attached hydrogens (tertiary/aromatic N) is 2. The zero-order chi connectivity index (χ0) is 23.4. The molecule has 0 bridgehead atoms. The van der Waals surface area contributed by atoms with E-state index in [0.29, 0.717) is 31.8 Å². The third kappa shape index (κ3) is 5.34. The van der Waals surface area contributed by atoms with Crippen LogP contribution in [0.15, 0.2) is 42.5 Å². The lowest BCUT2D eigenvalue weighted by Crippen LogP contribution is -2.40. The number of likely N-dealkylation sites (N-methyl/N-ethyl adjacent to an activating group) is 1. The first-order chi connectivity index (χ1) is 15.9. The van der Waals surface area contributed by atoms with Crippen LogP contribution >= 0.6 is 0 Å². The Labute approximate surface area is 193 Å². The molecule has 3 amide bonds. The minimum atomic E-state index is -0.739. The van der Waals surface area contributed by atoms with Crippen LogP contribution in [0.5, 0.6) is 5.75 Å². The molecule has 2 N–H and O–H groups in total. The van der Waals surface area contributed by atoms with Crippen molar-refractivity contribution in [3.63, 3.8) is 0 Å². The third-order valence-corrected chi connectivity index (χ3v) is 6.12. The maximum Gasteiger partial charge on any atom is 0.313 e. The van der Waals surface area contributed by atoms with Gasteiger partial charge in [-0.3, -0.25) is 14.4 Å². The molecular weight excluding hydrogens is 420 g/mol. The smallest absolute Gasteiger partial charge is 0.313 e. The van der Waals surface area contributed by atoms with Crippen LogP contribution in [-0.4, -0.2) is 56.4 Å². The molecule has 0 saturated carbocycles. The van der Waals surface area contributed by atoms with E-state index in [1.807, 2.05) is 37.2 Å². The molecule has 0 aliphatic carbocycles. The zero-order valence-electron chi connectivity index (χ0n) is 19.1. The highest BCUT2D eigenvalue weighted by Crippen LogP contribution is 2.29. The second-order valence-corrected chi connectivity index (χ2v) is 8.66. The van der Waals surface area contributed by atoms with Crippen molar-refractivity contribution in [1.29, 1.82) is 0 Å². The highest BCUT2D eigenvalue weighted by Gasteiger charge is 2.23. The number of benzene rings is 2. The van der Waals surface area contributed by atoms with Crippen LogP contribution in [0.3, 0.4) is 0 Å². The maximum absolute atomic E-state index is 12.5. The van der Waals surface area contributed by atoms with E-state index in [1.165, 1.54) is 0 Å². The Morgan fingerprint density at radius 3 is 2.73 bits per heavy atom. The summed E-state index contributed by atoms with van der Waals surface area (Å²) < 4.78 is 5.57. The SMILES string of the molecule is CN(C)C(CNC(=O)C(=O)Nc1cccc(N2CCCCC2=O)c1)c1ccc2c(c1)CCO2. The summed E-state index contributed by atoms with van der Waals surface area (Å²) in [5.74, 6) is -0.453. The Hall–Kier alpha value is -3.39. The van der Waals surface area contributed by atoms with E-state index in [1.54, 1.807) is 23.1 Å². The number of rotatable bonds is 6. The van der Waals surface area contributed by atoms with Gasteiger partial charge in [-0.05, 0) is 62.3 Å². The molecule has 2 aliphatic heterocycles. The van der Waals surface area contributed by atoms with Gasteiger partial charge in [-0.15, -0.1) is 0 Å². The molecule has 174 valence electrons. The first-order valence-electron chi connectivity index (χ1n) is 11.3. The van der Waals surface area contributed by atoms with E-state index in [4.69, 9.17) is 4.74 Å². The molecule has 1 atom stereocenters. The standard InChI is InChI=1S/C25H30N4O4/c1-28(2)21(17-9-10-22-18(14-17)11-13-33-22)16-26-24(31)25(32)27-19-6-5-7-20(15-19)29-12-4-3-8-23(29)30/h5-7,9-10,14-15,21H,3-4,8,11-13,16H2,1-2H3,(H,26,31)(H,27,32). The first kappa shape index (κ1) is 22.8. The van der Waals surface area contributed by atoms with Crippen LogP contribution in [-0.2, 0) is 20.8 Å². The summed E-state index contributed by atoms with van der Waals surface area (Å²) in [5, 5.41) is 5.39. The summed E-state index contributed by atoms with van der Waals surface area (Å²) in [4.78, 5) is 40.9. The van der Waals surface area contributed by atoms with Gasteiger partial charge in [0, 0.05) is 37.3 Å². The second-order valence-electron chi connectivity index (χ2n) is 8.66. The second kappa shape index (κ2) is 10.0. The van der Waals surface area contributed by atoms with Gasteiger partial charge in [-0.25, -0.2) is 0 Å². The highest BCUT2D eigenvalue weighted by molar-refractivity contribution is 6.39. The molecule has 1 saturated heterocycles. The summed E-state index contributed by atoms with van der Waals surface area (Å²) in [5.41, 5.74) is 3.43. The van der Waals surface area contributed by atoms with Gasteiger partial charge in [-0.1, -0.05) is 18.2 Å². The van der Waals surface area contributed by atoms with E-state index in [9.17, 15) is 14.4 Å². The van der Waals surface area contributed by atoms with Gasteiger partial charge in [0.05, 0.1) is 12.6 Å². The molecule has 2 aliphatic rings. The summed E-state index contributed by atoms with van der Waals surface area (Å²) in [6.07, 6.45) is 3.26. The fourth-order valence-electron chi connectivity index (χ4n) is 4.30. The van der Waals surface area contributed by atoms with Crippen molar-refractivity contribution in [1.82, 2.24) is 10.2 Å². The molecule has 0 spiro atoms. The molecule has 8 heteroatoms. The number of carbonyl (C=O) groups excluding carboxylic acids is 3. The van der Waals surface area contributed by atoms with Gasteiger partial charge in [-0.2, -0.15) is 0 Å². The van der Waals surface area contributed by atoms with Crippen molar-refractivity contribution < 1.29 is 19.1 Å². The number of anilines is 2. The minimum absolute atomic E-state index is 0.0790. The number of hydrogen-bond donors (Lipinski definition) is 2. The van der Waals surface area contributed by atoms with Gasteiger partial charge in [0.25, 0.3) is 0 Å². The molecule has 8 nitrogen and oxygen atoms in total. The highest BCUT2D eigenvalue weighted by atomic mass is 16.5. The lowest BCUT2D eigenvalue weighted by Gasteiger charge is -2.27. The molecule has 2 heterocycles. The zero-order valence-corrected chi connectivity index (χ0v) is 19.1. The van der Waals surface area contributed by atoms with Gasteiger partial charge in [0.2, 0.25) is 5.91 Å². The molecule has 33 heavy (non-hydrogen) atoms. The lowest BCUT2D eigenvalue weighted by atomic mass is 10.0. The van der Waals surface area contributed by atoms with Crippen molar-refractivity contribution in [2.75, 3.05) is 44.0 Å². The Morgan fingerprint density at radius 2 is 1.94 bits per heavy atom. The Kier molecular flexibility index (Phi) is 6.93. The summed E-state index contributed by atoms with van der Waals surface area (Å²) in [6, 6.07) is 13.0. The number of amides is 3. The van der Waals surface area contributed by atoms with Crippen molar-refractivity contribution in [2.45, 2.75) is 31.7 Å². The fraction of sp³-hybridized carbons (Fsp3) is 0.400. The van der Waals surface area contributed by atoms with Crippen molar-refractivity contribution >= 4 is 29.1 Å². The van der Waals surface area contributed by atoms with Gasteiger partial charge in [0.1, 0.15) is 5.75 Å². The number of piperidine rings is 1. The number of hydrogen-bond acceptors (Lipinski definition) is 5. The summed E-state index contributed by atoms with van der Waals surface area (Å²) in [7, 11) is 3.88. The van der Waals surface area contributed by atoms with E-state index in [2.05, 4.69) is 16.7 Å². The largest absolute Gasteiger partial charge is 0.493 e.